The van der Waals surface area contributed by atoms with Gasteiger partial charge in [0.25, 0.3) is 0 Å². The molecule has 0 aromatic carbocycles. The minimum atomic E-state index is -0.778. The van der Waals surface area contributed by atoms with Crippen LogP contribution in [0.2, 0.25) is 0 Å². The van der Waals surface area contributed by atoms with Crippen molar-refractivity contribution in [3.63, 3.8) is 0 Å². The van der Waals surface area contributed by atoms with Crippen LogP contribution < -0.4 is 5.32 Å². The Kier molecular flexibility index (Phi) is 5.73. The summed E-state index contributed by atoms with van der Waals surface area (Å²) in [5.41, 5.74) is 0. The lowest BCUT2D eigenvalue weighted by Gasteiger charge is -2.14. The van der Waals surface area contributed by atoms with Gasteiger partial charge >= 0.3 is 5.97 Å². The van der Waals surface area contributed by atoms with Crippen LogP contribution in [0.3, 0.4) is 0 Å². The summed E-state index contributed by atoms with van der Waals surface area (Å²) >= 11 is 0. The smallest absolute Gasteiger partial charge is 0.303 e. The Bertz CT molecular complexity index is 299. The van der Waals surface area contributed by atoms with E-state index in [4.69, 9.17) is 5.11 Å². The molecular weight excluding hydrogens is 218 g/mol. The fourth-order valence-electron chi connectivity index (χ4n) is 2.07. The highest BCUT2D eigenvalue weighted by atomic mass is 16.4. The van der Waals surface area contributed by atoms with E-state index in [-0.39, 0.29) is 18.4 Å². The van der Waals surface area contributed by atoms with Crippen molar-refractivity contribution in [2.24, 2.45) is 5.92 Å². The summed E-state index contributed by atoms with van der Waals surface area (Å²) in [5, 5.41) is 11.4. The van der Waals surface area contributed by atoms with E-state index in [9.17, 15) is 9.59 Å². The van der Waals surface area contributed by atoms with E-state index in [2.05, 4.69) is 17.5 Å². The molecule has 0 radical (unpaired) electrons. The molecule has 0 spiro atoms. The number of rotatable bonds is 7. The largest absolute Gasteiger partial charge is 0.481 e. The predicted octanol–water partition coefficient (Wildman–Crippen LogP) is 2.10. The van der Waals surface area contributed by atoms with Crippen LogP contribution in [0.25, 0.3) is 0 Å². The first-order chi connectivity index (χ1) is 8.08. The van der Waals surface area contributed by atoms with Crippen LogP contribution in [0.15, 0.2) is 12.2 Å². The molecule has 0 bridgehead atoms. The molecule has 0 aromatic heterocycles. The highest BCUT2D eigenvalue weighted by Gasteiger charge is 2.15. The summed E-state index contributed by atoms with van der Waals surface area (Å²) in [5.74, 6) is -0.315. The van der Waals surface area contributed by atoms with E-state index >= 15 is 0 Å². The fourth-order valence-corrected chi connectivity index (χ4v) is 2.07. The summed E-state index contributed by atoms with van der Waals surface area (Å²) in [6.07, 6.45) is 8.43. The van der Waals surface area contributed by atoms with Crippen molar-refractivity contribution >= 4 is 11.9 Å². The van der Waals surface area contributed by atoms with Crippen molar-refractivity contribution in [1.82, 2.24) is 5.32 Å². The number of allylic oxidation sites excluding steroid dienone is 2. The molecule has 0 fully saturated rings. The van der Waals surface area contributed by atoms with Gasteiger partial charge in [0.2, 0.25) is 5.91 Å². The Hall–Kier alpha value is -1.32. The number of hydrogen-bond acceptors (Lipinski definition) is 2. The third kappa shape index (κ3) is 6.09. The SMILES string of the molecule is CC(CCCC(=O)O)NC(=O)CC1C=CCC1. The number of carbonyl (C=O) groups excluding carboxylic acids is 1. The lowest BCUT2D eigenvalue weighted by Crippen LogP contribution is -2.33. The van der Waals surface area contributed by atoms with Crippen LogP contribution in [0.1, 0.15) is 45.4 Å². The Morgan fingerprint density at radius 1 is 1.53 bits per heavy atom. The Labute approximate surface area is 102 Å². The summed E-state index contributed by atoms with van der Waals surface area (Å²) in [7, 11) is 0. The number of amides is 1. The van der Waals surface area contributed by atoms with Crippen LogP contribution in [-0.2, 0) is 9.59 Å². The van der Waals surface area contributed by atoms with E-state index in [0.29, 0.717) is 18.8 Å². The highest BCUT2D eigenvalue weighted by molar-refractivity contribution is 5.76. The van der Waals surface area contributed by atoms with Crippen molar-refractivity contribution in [2.75, 3.05) is 0 Å². The average Bonchev–Trinajstić information content (AvgIpc) is 2.69. The van der Waals surface area contributed by atoms with Gasteiger partial charge in [-0.2, -0.15) is 0 Å². The zero-order valence-electron chi connectivity index (χ0n) is 10.3. The summed E-state index contributed by atoms with van der Waals surface area (Å²) < 4.78 is 0. The minimum absolute atomic E-state index is 0.0623. The minimum Gasteiger partial charge on any atom is -0.481 e. The molecule has 4 nitrogen and oxygen atoms in total. The van der Waals surface area contributed by atoms with Crippen LogP contribution in [0.5, 0.6) is 0 Å². The highest BCUT2D eigenvalue weighted by Crippen LogP contribution is 2.20. The molecule has 2 N–H and O–H groups in total. The Morgan fingerprint density at radius 2 is 2.29 bits per heavy atom. The summed E-state index contributed by atoms with van der Waals surface area (Å²) in [6, 6.07) is 0.0623. The molecule has 0 aromatic rings. The van der Waals surface area contributed by atoms with Gasteiger partial charge < -0.3 is 10.4 Å². The van der Waals surface area contributed by atoms with Gasteiger partial charge in [-0.1, -0.05) is 12.2 Å². The van der Waals surface area contributed by atoms with Gasteiger partial charge in [-0.15, -0.1) is 0 Å². The van der Waals surface area contributed by atoms with Crippen molar-refractivity contribution in [2.45, 2.75) is 51.5 Å². The van der Waals surface area contributed by atoms with Gasteiger partial charge in [-0.3, -0.25) is 9.59 Å². The van der Waals surface area contributed by atoms with E-state index in [1.165, 1.54) is 0 Å². The maximum Gasteiger partial charge on any atom is 0.303 e. The second-order valence-electron chi connectivity index (χ2n) is 4.72. The van der Waals surface area contributed by atoms with E-state index in [1.54, 1.807) is 0 Å². The molecule has 4 heteroatoms. The maximum atomic E-state index is 11.6. The van der Waals surface area contributed by atoms with E-state index in [1.807, 2.05) is 6.92 Å². The van der Waals surface area contributed by atoms with E-state index < -0.39 is 5.97 Å². The number of carboxylic acids is 1. The molecule has 1 rings (SSSR count). The topological polar surface area (TPSA) is 66.4 Å². The summed E-state index contributed by atoms with van der Waals surface area (Å²) in [4.78, 5) is 22.0. The lowest BCUT2D eigenvalue weighted by molar-refractivity contribution is -0.137. The number of carboxylic acid groups (broad SMARTS) is 1. The number of nitrogens with one attached hydrogen (secondary N) is 1. The van der Waals surface area contributed by atoms with Crippen molar-refractivity contribution in [3.05, 3.63) is 12.2 Å². The first-order valence-corrected chi connectivity index (χ1v) is 6.25. The van der Waals surface area contributed by atoms with Crippen LogP contribution in [0.4, 0.5) is 0 Å². The Morgan fingerprint density at radius 3 is 2.88 bits per heavy atom. The second-order valence-corrected chi connectivity index (χ2v) is 4.72. The zero-order valence-corrected chi connectivity index (χ0v) is 10.3. The van der Waals surface area contributed by atoms with Crippen LogP contribution in [0, 0.1) is 5.92 Å². The normalized spacial score (nSPS) is 20.2. The number of carbonyl (C=O) groups is 2. The molecule has 0 saturated heterocycles. The van der Waals surface area contributed by atoms with Gasteiger partial charge in [0.15, 0.2) is 0 Å². The molecular formula is C13H21NO3. The second kappa shape index (κ2) is 7.09. The molecule has 17 heavy (non-hydrogen) atoms. The first-order valence-electron chi connectivity index (χ1n) is 6.25. The van der Waals surface area contributed by atoms with Gasteiger partial charge in [0.1, 0.15) is 0 Å². The third-order valence-electron chi connectivity index (χ3n) is 3.00. The van der Waals surface area contributed by atoms with Crippen molar-refractivity contribution in [3.8, 4) is 0 Å². The van der Waals surface area contributed by atoms with Crippen molar-refractivity contribution in [1.29, 1.82) is 0 Å². The number of hydrogen-bond donors (Lipinski definition) is 2. The predicted molar refractivity (Wildman–Crippen MR) is 65.6 cm³/mol. The maximum absolute atomic E-state index is 11.6. The molecule has 0 heterocycles. The van der Waals surface area contributed by atoms with Gasteiger partial charge in [0.05, 0.1) is 0 Å². The zero-order chi connectivity index (χ0) is 12.7. The Balaban J connectivity index is 2.12. The van der Waals surface area contributed by atoms with Crippen LogP contribution >= 0.6 is 0 Å². The van der Waals surface area contributed by atoms with Gasteiger partial charge in [-0.05, 0) is 38.5 Å². The van der Waals surface area contributed by atoms with Crippen molar-refractivity contribution < 1.29 is 14.7 Å². The molecule has 1 amide bonds. The molecule has 1 aliphatic carbocycles. The lowest BCUT2D eigenvalue weighted by atomic mass is 10.0. The average molecular weight is 239 g/mol. The quantitative estimate of drug-likeness (QED) is 0.669. The molecule has 0 saturated carbocycles. The number of aliphatic carboxylic acids is 1. The van der Waals surface area contributed by atoms with E-state index in [0.717, 1.165) is 19.3 Å². The van der Waals surface area contributed by atoms with Gasteiger partial charge in [-0.25, -0.2) is 0 Å². The monoisotopic (exact) mass is 239 g/mol. The van der Waals surface area contributed by atoms with Gasteiger partial charge in [0, 0.05) is 18.9 Å². The first kappa shape index (κ1) is 13.7. The molecule has 96 valence electrons. The fraction of sp³-hybridized carbons (Fsp3) is 0.692. The third-order valence-corrected chi connectivity index (χ3v) is 3.00. The molecule has 2 unspecified atom stereocenters. The van der Waals surface area contributed by atoms with Crippen LogP contribution in [-0.4, -0.2) is 23.0 Å². The standard InChI is InChI=1S/C13H21NO3/c1-10(5-4-8-13(16)17)14-12(15)9-11-6-2-3-7-11/h2,6,10-11H,3-5,7-9H2,1H3,(H,14,15)(H,16,17). The summed E-state index contributed by atoms with van der Waals surface area (Å²) in [6.45, 7) is 1.92. The molecule has 1 aliphatic rings. The molecule has 0 aliphatic heterocycles. The molecule has 2 atom stereocenters.